The van der Waals surface area contributed by atoms with Gasteiger partial charge in [-0.3, -0.25) is 4.79 Å². The molecule has 1 aromatic carbocycles. The molecule has 158 valence electrons. The van der Waals surface area contributed by atoms with Crippen LogP contribution in [0.4, 0.5) is 0 Å². The van der Waals surface area contributed by atoms with E-state index >= 15 is 0 Å². The van der Waals surface area contributed by atoms with E-state index in [4.69, 9.17) is 19.6 Å². The van der Waals surface area contributed by atoms with Crippen LogP contribution in [0.15, 0.2) is 35.4 Å². The first-order chi connectivity index (χ1) is 14.6. The highest BCUT2D eigenvalue weighted by molar-refractivity contribution is 7.99. The number of aryl methyl sites for hydroxylation is 2. The Morgan fingerprint density at radius 2 is 2.20 bits per heavy atom. The van der Waals surface area contributed by atoms with E-state index < -0.39 is 0 Å². The standard InChI is InChI=1S/C22H26N4O3S/c1-14-11-20(30-13-19(27)23-12-16-7-6-10-29-16)26-22(24-14)21(15(2)25-26)17-8-4-5-9-18(17)28-3/h4-5,8-9,11,16H,6-7,10,12-13H2,1-3H3,(H,23,27). The summed E-state index contributed by atoms with van der Waals surface area (Å²) >= 11 is 1.46. The Hall–Kier alpha value is -2.58. The molecule has 0 saturated carbocycles. The van der Waals surface area contributed by atoms with Crippen molar-refractivity contribution in [2.24, 2.45) is 0 Å². The Kier molecular flexibility index (Phi) is 6.24. The normalized spacial score (nSPS) is 16.2. The number of para-hydroxylation sites is 1. The molecule has 0 radical (unpaired) electrons. The summed E-state index contributed by atoms with van der Waals surface area (Å²) < 4.78 is 12.9. The number of methoxy groups -OCH3 is 1. The molecule has 7 nitrogen and oxygen atoms in total. The van der Waals surface area contributed by atoms with E-state index in [0.29, 0.717) is 12.3 Å². The zero-order chi connectivity index (χ0) is 21.1. The Morgan fingerprint density at radius 3 is 2.97 bits per heavy atom. The second kappa shape index (κ2) is 9.06. The monoisotopic (exact) mass is 426 g/mol. The Labute approximate surface area is 180 Å². The molecule has 2 aromatic heterocycles. The molecule has 1 saturated heterocycles. The number of hydrogen-bond acceptors (Lipinski definition) is 6. The molecule has 1 atom stereocenters. The highest BCUT2D eigenvalue weighted by atomic mass is 32.2. The number of benzene rings is 1. The zero-order valence-corrected chi connectivity index (χ0v) is 18.3. The summed E-state index contributed by atoms with van der Waals surface area (Å²) in [4.78, 5) is 17.1. The second-order valence-electron chi connectivity index (χ2n) is 7.36. The molecule has 3 heterocycles. The van der Waals surface area contributed by atoms with Gasteiger partial charge in [0, 0.05) is 24.4 Å². The first-order valence-electron chi connectivity index (χ1n) is 10.1. The zero-order valence-electron chi connectivity index (χ0n) is 17.5. The van der Waals surface area contributed by atoms with Crippen molar-refractivity contribution in [1.82, 2.24) is 19.9 Å². The number of nitrogens with zero attached hydrogens (tertiary/aromatic N) is 3. The Morgan fingerprint density at radius 1 is 1.37 bits per heavy atom. The van der Waals surface area contributed by atoms with Gasteiger partial charge in [0.1, 0.15) is 10.8 Å². The van der Waals surface area contributed by atoms with Gasteiger partial charge in [-0.1, -0.05) is 30.0 Å². The fourth-order valence-corrected chi connectivity index (χ4v) is 4.59. The molecule has 0 bridgehead atoms. The van der Waals surface area contributed by atoms with Gasteiger partial charge >= 0.3 is 0 Å². The minimum Gasteiger partial charge on any atom is -0.496 e. The molecule has 1 N–H and O–H groups in total. The van der Waals surface area contributed by atoms with E-state index in [-0.39, 0.29) is 12.0 Å². The summed E-state index contributed by atoms with van der Waals surface area (Å²) in [6.07, 6.45) is 2.22. The molecule has 8 heteroatoms. The van der Waals surface area contributed by atoms with Gasteiger partial charge in [0.2, 0.25) is 5.91 Å². The van der Waals surface area contributed by atoms with Crippen molar-refractivity contribution in [3.63, 3.8) is 0 Å². The number of carbonyl (C=O) groups excluding carboxylic acids is 1. The van der Waals surface area contributed by atoms with Crippen LogP contribution in [0.5, 0.6) is 5.75 Å². The van der Waals surface area contributed by atoms with E-state index in [1.54, 1.807) is 7.11 Å². The van der Waals surface area contributed by atoms with Crippen LogP contribution in [0, 0.1) is 13.8 Å². The highest BCUT2D eigenvalue weighted by Crippen LogP contribution is 2.35. The van der Waals surface area contributed by atoms with Crippen molar-refractivity contribution in [1.29, 1.82) is 0 Å². The number of nitrogens with one attached hydrogen (secondary N) is 1. The van der Waals surface area contributed by atoms with Crippen LogP contribution < -0.4 is 10.1 Å². The quantitative estimate of drug-likeness (QED) is 0.461. The van der Waals surface area contributed by atoms with Crippen molar-refractivity contribution in [2.75, 3.05) is 26.0 Å². The molecule has 30 heavy (non-hydrogen) atoms. The van der Waals surface area contributed by atoms with E-state index in [2.05, 4.69) is 5.32 Å². The van der Waals surface area contributed by atoms with Gasteiger partial charge in [0.15, 0.2) is 5.65 Å². The fourth-order valence-electron chi connectivity index (χ4n) is 3.70. The van der Waals surface area contributed by atoms with Crippen molar-refractivity contribution >= 4 is 23.3 Å². The van der Waals surface area contributed by atoms with Crippen molar-refractivity contribution in [2.45, 2.75) is 37.8 Å². The highest BCUT2D eigenvalue weighted by Gasteiger charge is 2.20. The van der Waals surface area contributed by atoms with Gasteiger partial charge in [-0.2, -0.15) is 5.10 Å². The van der Waals surface area contributed by atoms with Crippen LogP contribution in [-0.4, -0.2) is 52.6 Å². The lowest BCUT2D eigenvalue weighted by molar-refractivity contribution is -0.119. The maximum absolute atomic E-state index is 12.3. The van der Waals surface area contributed by atoms with Gasteiger partial charge in [0.25, 0.3) is 0 Å². The SMILES string of the molecule is COc1ccccc1-c1c(C)nn2c(SCC(=O)NCC3CCCO3)cc(C)nc12. The molecule has 0 aliphatic carbocycles. The molecule has 1 aliphatic heterocycles. The molecular weight excluding hydrogens is 400 g/mol. The smallest absolute Gasteiger partial charge is 0.230 e. The predicted octanol–water partition coefficient (Wildman–Crippen LogP) is 3.41. The molecule has 1 amide bonds. The van der Waals surface area contributed by atoms with E-state index in [1.165, 1.54) is 11.8 Å². The van der Waals surface area contributed by atoms with Gasteiger partial charge in [-0.15, -0.1) is 0 Å². The van der Waals surface area contributed by atoms with Crippen LogP contribution >= 0.6 is 11.8 Å². The lowest BCUT2D eigenvalue weighted by Crippen LogP contribution is -2.32. The third kappa shape index (κ3) is 4.29. The van der Waals surface area contributed by atoms with E-state index in [0.717, 1.165) is 58.4 Å². The largest absolute Gasteiger partial charge is 0.496 e. The second-order valence-corrected chi connectivity index (χ2v) is 8.36. The predicted molar refractivity (Wildman–Crippen MR) is 117 cm³/mol. The average Bonchev–Trinajstić information content (AvgIpc) is 3.37. The summed E-state index contributed by atoms with van der Waals surface area (Å²) in [6, 6.07) is 9.83. The number of amides is 1. The Balaban J connectivity index is 1.58. The fraction of sp³-hybridized carbons (Fsp3) is 0.409. The topological polar surface area (TPSA) is 77.8 Å². The van der Waals surface area contributed by atoms with Crippen LogP contribution in [0.2, 0.25) is 0 Å². The first-order valence-corrected chi connectivity index (χ1v) is 11.1. The Bertz CT molecular complexity index is 1060. The number of carbonyl (C=O) groups is 1. The lowest BCUT2D eigenvalue weighted by Gasteiger charge is -2.11. The summed E-state index contributed by atoms with van der Waals surface area (Å²) in [6.45, 7) is 5.28. The van der Waals surface area contributed by atoms with Gasteiger partial charge in [0.05, 0.1) is 30.2 Å². The van der Waals surface area contributed by atoms with Crippen LogP contribution in [0.1, 0.15) is 24.2 Å². The lowest BCUT2D eigenvalue weighted by atomic mass is 10.1. The molecule has 3 aromatic rings. The van der Waals surface area contributed by atoms with Crippen molar-refractivity contribution < 1.29 is 14.3 Å². The summed E-state index contributed by atoms with van der Waals surface area (Å²) in [5.41, 5.74) is 4.40. The van der Waals surface area contributed by atoms with E-state index in [9.17, 15) is 4.79 Å². The number of ether oxygens (including phenoxy) is 2. The maximum Gasteiger partial charge on any atom is 0.230 e. The summed E-state index contributed by atoms with van der Waals surface area (Å²) in [5.74, 6) is 1.09. The van der Waals surface area contributed by atoms with Crippen LogP contribution in [0.3, 0.4) is 0 Å². The van der Waals surface area contributed by atoms with E-state index in [1.807, 2.05) is 48.7 Å². The summed E-state index contributed by atoms with van der Waals surface area (Å²) in [7, 11) is 1.66. The number of hydrogen-bond donors (Lipinski definition) is 1. The molecule has 1 unspecified atom stereocenters. The van der Waals surface area contributed by atoms with Gasteiger partial charge in [-0.25, -0.2) is 9.50 Å². The van der Waals surface area contributed by atoms with Crippen LogP contribution in [0.25, 0.3) is 16.8 Å². The minimum atomic E-state index is -0.00746. The minimum absolute atomic E-state index is 0.00746. The third-order valence-corrected chi connectivity index (χ3v) is 6.13. The number of rotatable bonds is 7. The molecule has 4 rings (SSSR count). The first kappa shape index (κ1) is 20.7. The number of thioether (sulfide) groups is 1. The number of fused-ring (bicyclic) bond motifs is 1. The molecule has 1 fully saturated rings. The average molecular weight is 427 g/mol. The maximum atomic E-state index is 12.3. The molecule has 0 spiro atoms. The third-order valence-electron chi connectivity index (χ3n) is 5.14. The molecule has 1 aliphatic rings. The van der Waals surface area contributed by atoms with Crippen LogP contribution in [-0.2, 0) is 9.53 Å². The summed E-state index contributed by atoms with van der Waals surface area (Å²) in [5, 5.41) is 8.57. The molecular formula is C22H26N4O3S. The van der Waals surface area contributed by atoms with Gasteiger partial charge in [-0.05, 0) is 38.8 Å². The van der Waals surface area contributed by atoms with Gasteiger partial charge < -0.3 is 14.8 Å². The van der Waals surface area contributed by atoms with Crippen molar-refractivity contribution in [3.05, 3.63) is 41.7 Å². The van der Waals surface area contributed by atoms with Crippen molar-refractivity contribution in [3.8, 4) is 16.9 Å². The number of aromatic nitrogens is 3.